The van der Waals surface area contributed by atoms with E-state index in [1.807, 2.05) is 0 Å². The smallest absolute Gasteiger partial charge is 0.316 e. The van der Waals surface area contributed by atoms with Gasteiger partial charge in [0.1, 0.15) is 6.10 Å². The second kappa shape index (κ2) is 10.1. The third-order valence-electron chi connectivity index (χ3n) is 5.95. The SMILES string of the molecule is O=C(NC1CCC(Oc2ncc(Cl)cn2)CC1)c1ccc(S(=O)(=O)N2CCCCC2)cc1. The number of nitrogens with one attached hydrogen (secondary N) is 1. The third kappa shape index (κ3) is 5.57. The fourth-order valence-electron chi connectivity index (χ4n) is 4.14. The first kappa shape index (κ1) is 22.9. The summed E-state index contributed by atoms with van der Waals surface area (Å²) < 4.78 is 32.8. The molecule has 0 unspecified atom stereocenters. The molecule has 32 heavy (non-hydrogen) atoms. The van der Waals surface area contributed by atoms with Crippen LogP contribution in [-0.2, 0) is 10.0 Å². The number of halogens is 1. The largest absolute Gasteiger partial charge is 0.460 e. The van der Waals surface area contributed by atoms with Crippen LogP contribution in [0.5, 0.6) is 6.01 Å². The molecule has 1 aromatic carbocycles. The zero-order chi connectivity index (χ0) is 22.6. The molecule has 0 spiro atoms. The van der Waals surface area contributed by atoms with Gasteiger partial charge in [-0.3, -0.25) is 4.79 Å². The lowest BCUT2D eigenvalue weighted by Crippen LogP contribution is -2.39. The molecule has 2 fully saturated rings. The number of piperidine rings is 1. The molecule has 1 saturated carbocycles. The van der Waals surface area contributed by atoms with Crippen LogP contribution in [0.25, 0.3) is 0 Å². The molecular weight excluding hydrogens is 452 g/mol. The van der Waals surface area contributed by atoms with E-state index in [1.54, 1.807) is 12.1 Å². The van der Waals surface area contributed by atoms with Crippen LogP contribution < -0.4 is 10.1 Å². The minimum Gasteiger partial charge on any atom is -0.460 e. The predicted octanol–water partition coefficient (Wildman–Crippen LogP) is 3.42. The van der Waals surface area contributed by atoms with Crippen LogP contribution in [0, 0.1) is 0 Å². The second-order valence-electron chi connectivity index (χ2n) is 8.24. The van der Waals surface area contributed by atoms with Crippen molar-refractivity contribution in [2.75, 3.05) is 13.1 Å². The molecule has 8 nitrogen and oxygen atoms in total. The Morgan fingerprint density at radius 2 is 1.62 bits per heavy atom. The zero-order valence-electron chi connectivity index (χ0n) is 17.7. The molecule has 0 bridgehead atoms. The molecule has 1 N–H and O–H groups in total. The van der Waals surface area contributed by atoms with Crippen LogP contribution in [0.2, 0.25) is 5.02 Å². The summed E-state index contributed by atoms with van der Waals surface area (Å²) in [5, 5.41) is 3.50. The van der Waals surface area contributed by atoms with E-state index in [1.165, 1.54) is 28.8 Å². The predicted molar refractivity (Wildman–Crippen MR) is 120 cm³/mol. The monoisotopic (exact) mass is 478 g/mol. The maximum atomic E-state index is 12.8. The molecule has 2 aromatic rings. The Hall–Kier alpha value is -2.23. The summed E-state index contributed by atoms with van der Waals surface area (Å²) in [5.41, 5.74) is 0.454. The zero-order valence-corrected chi connectivity index (χ0v) is 19.3. The van der Waals surface area contributed by atoms with Crippen molar-refractivity contribution in [3.8, 4) is 6.01 Å². The van der Waals surface area contributed by atoms with Crippen LogP contribution in [0.3, 0.4) is 0 Å². The number of carbonyl (C=O) groups is 1. The van der Waals surface area contributed by atoms with Crippen molar-refractivity contribution in [2.45, 2.75) is 62.0 Å². The summed E-state index contributed by atoms with van der Waals surface area (Å²) in [7, 11) is -3.50. The summed E-state index contributed by atoms with van der Waals surface area (Å²) in [4.78, 5) is 21.0. The lowest BCUT2D eigenvalue weighted by Gasteiger charge is -2.29. The first-order valence-electron chi connectivity index (χ1n) is 11.0. The van der Waals surface area contributed by atoms with Crippen LogP contribution in [0.1, 0.15) is 55.3 Å². The minimum absolute atomic E-state index is 0.00334. The maximum absolute atomic E-state index is 12.8. The van der Waals surface area contributed by atoms with Gasteiger partial charge >= 0.3 is 6.01 Å². The normalized spacial score (nSPS) is 22.3. The van der Waals surface area contributed by atoms with Crippen molar-refractivity contribution >= 4 is 27.5 Å². The molecule has 1 saturated heterocycles. The highest BCUT2D eigenvalue weighted by Crippen LogP contribution is 2.24. The number of aromatic nitrogens is 2. The van der Waals surface area contributed by atoms with Gasteiger partial charge < -0.3 is 10.1 Å². The van der Waals surface area contributed by atoms with Gasteiger partial charge in [-0.25, -0.2) is 18.4 Å². The van der Waals surface area contributed by atoms with Crippen molar-refractivity contribution in [1.82, 2.24) is 19.6 Å². The first-order chi connectivity index (χ1) is 15.4. The molecule has 1 amide bonds. The number of amides is 1. The molecule has 0 atom stereocenters. The quantitative estimate of drug-likeness (QED) is 0.682. The Bertz CT molecular complexity index is 1020. The Kier molecular flexibility index (Phi) is 7.27. The number of hydrogen-bond donors (Lipinski definition) is 1. The van der Waals surface area contributed by atoms with E-state index in [0.29, 0.717) is 29.7 Å². The first-order valence-corrected chi connectivity index (χ1v) is 12.8. The lowest BCUT2D eigenvalue weighted by molar-refractivity contribution is 0.0885. The number of sulfonamides is 1. The van der Waals surface area contributed by atoms with Gasteiger partial charge in [0.25, 0.3) is 5.91 Å². The average Bonchev–Trinajstić information content (AvgIpc) is 2.82. The van der Waals surface area contributed by atoms with E-state index >= 15 is 0 Å². The molecule has 4 rings (SSSR count). The van der Waals surface area contributed by atoms with Crippen molar-refractivity contribution in [3.63, 3.8) is 0 Å². The lowest BCUT2D eigenvalue weighted by atomic mass is 9.92. The molecule has 172 valence electrons. The van der Waals surface area contributed by atoms with E-state index in [-0.39, 0.29) is 22.9 Å². The van der Waals surface area contributed by atoms with E-state index < -0.39 is 10.0 Å². The number of carbonyl (C=O) groups excluding carboxylic acids is 1. The topological polar surface area (TPSA) is 101 Å². The Labute approximate surface area is 193 Å². The summed E-state index contributed by atoms with van der Waals surface area (Å²) >= 11 is 5.79. The van der Waals surface area contributed by atoms with Crippen LogP contribution in [0.15, 0.2) is 41.6 Å². The molecule has 0 radical (unpaired) electrons. The Morgan fingerprint density at radius 1 is 1.00 bits per heavy atom. The highest BCUT2D eigenvalue weighted by atomic mass is 35.5. The van der Waals surface area contributed by atoms with Crippen LogP contribution in [-0.4, -0.2) is 53.8 Å². The van der Waals surface area contributed by atoms with Gasteiger partial charge in [-0.2, -0.15) is 4.31 Å². The van der Waals surface area contributed by atoms with Crippen molar-refractivity contribution < 1.29 is 17.9 Å². The molecule has 2 heterocycles. The van der Waals surface area contributed by atoms with E-state index in [0.717, 1.165) is 44.9 Å². The summed E-state index contributed by atoms with van der Waals surface area (Å²) in [6, 6.07) is 6.56. The van der Waals surface area contributed by atoms with E-state index in [9.17, 15) is 13.2 Å². The molecule has 1 aliphatic carbocycles. The summed E-state index contributed by atoms with van der Waals surface area (Å²) in [5.74, 6) is -0.197. The van der Waals surface area contributed by atoms with Gasteiger partial charge in [0.2, 0.25) is 10.0 Å². The molecule has 2 aliphatic rings. The highest BCUT2D eigenvalue weighted by Gasteiger charge is 2.27. The van der Waals surface area contributed by atoms with Crippen molar-refractivity contribution in [2.24, 2.45) is 0 Å². The van der Waals surface area contributed by atoms with Crippen molar-refractivity contribution in [3.05, 3.63) is 47.2 Å². The number of nitrogens with zero attached hydrogens (tertiary/aromatic N) is 3. The van der Waals surface area contributed by atoms with Crippen LogP contribution >= 0.6 is 11.6 Å². The molecule has 1 aliphatic heterocycles. The molecule has 1 aromatic heterocycles. The number of ether oxygens (including phenoxy) is 1. The average molecular weight is 479 g/mol. The van der Waals surface area contributed by atoms with Crippen molar-refractivity contribution in [1.29, 1.82) is 0 Å². The van der Waals surface area contributed by atoms with Crippen LogP contribution in [0.4, 0.5) is 0 Å². The number of rotatable bonds is 6. The summed E-state index contributed by atoms with van der Waals surface area (Å²) in [6.07, 6.45) is 8.97. The second-order valence-corrected chi connectivity index (χ2v) is 10.6. The fourth-order valence-corrected chi connectivity index (χ4v) is 5.75. The number of hydrogen-bond acceptors (Lipinski definition) is 6. The van der Waals surface area contributed by atoms with Gasteiger partial charge in [-0.1, -0.05) is 18.0 Å². The van der Waals surface area contributed by atoms with Gasteiger partial charge in [-0.15, -0.1) is 0 Å². The Balaban J connectivity index is 1.28. The van der Waals surface area contributed by atoms with E-state index in [4.69, 9.17) is 16.3 Å². The molecular formula is C22H27ClN4O4S. The van der Waals surface area contributed by atoms with Gasteiger partial charge in [0.15, 0.2) is 0 Å². The standard InChI is InChI=1S/C22H27ClN4O4S/c23-17-14-24-22(25-15-17)31-19-8-6-18(7-9-19)26-21(28)16-4-10-20(11-5-16)32(29,30)27-12-2-1-3-13-27/h4-5,10-11,14-15,18-19H,1-3,6-9,12-13H2,(H,26,28). The minimum atomic E-state index is -3.50. The molecule has 10 heteroatoms. The summed E-state index contributed by atoms with van der Waals surface area (Å²) in [6.45, 7) is 1.11. The van der Waals surface area contributed by atoms with Gasteiger partial charge in [0.05, 0.1) is 22.3 Å². The fraction of sp³-hybridized carbons (Fsp3) is 0.500. The van der Waals surface area contributed by atoms with Gasteiger partial charge in [-0.05, 0) is 62.8 Å². The Morgan fingerprint density at radius 3 is 2.25 bits per heavy atom. The third-order valence-corrected chi connectivity index (χ3v) is 8.06. The highest BCUT2D eigenvalue weighted by molar-refractivity contribution is 7.89. The maximum Gasteiger partial charge on any atom is 0.316 e. The van der Waals surface area contributed by atoms with E-state index in [2.05, 4.69) is 15.3 Å². The van der Waals surface area contributed by atoms with Gasteiger partial charge in [0, 0.05) is 24.7 Å². The number of benzene rings is 1.